The highest BCUT2D eigenvalue weighted by molar-refractivity contribution is 7.52. The van der Waals surface area contributed by atoms with E-state index >= 15 is 0 Å². The van der Waals surface area contributed by atoms with Gasteiger partial charge in [-0.15, -0.1) is 0 Å². The van der Waals surface area contributed by atoms with Gasteiger partial charge in [-0.1, -0.05) is 18.2 Å². The summed E-state index contributed by atoms with van der Waals surface area (Å²) >= 11 is 0. The Morgan fingerprint density at radius 1 is 1.32 bits per heavy atom. The van der Waals surface area contributed by atoms with E-state index in [4.69, 9.17) is 29.0 Å². The Labute approximate surface area is 229 Å². The number of carbonyl (C=O) groups is 1. The van der Waals surface area contributed by atoms with Gasteiger partial charge < -0.3 is 34.7 Å². The highest BCUT2D eigenvalue weighted by atomic mass is 31.2. The number of aliphatic hydroxyl groups is 2. The van der Waals surface area contributed by atoms with Crippen molar-refractivity contribution in [2.45, 2.75) is 49.7 Å². The first-order chi connectivity index (χ1) is 19.0. The summed E-state index contributed by atoms with van der Waals surface area (Å²) in [5.41, 5.74) is 3.12. The fraction of sp³-hybridized carbons (Fsp3) is 0.480. The Balaban J connectivity index is 1.33. The van der Waals surface area contributed by atoms with E-state index in [2.05, 4.69) is 15.2 Å². The Kier molecular flexibility index (Phi) is 7.86. The maximum atomic E-state index is 13.9. The lowest BCUT2D eigenvalue weighted by Gasteiger charge is -2.33. The van der Waals surface area contributed by atoms with Gasteiger partial charge in [-0.2, -0.15) is 10.2 Å². The van der Waals surface area contributed by atoms with E-state index in [1.165, 1.54) is 24.7 Å². The Bertz CT molecular complexity index is 1400. The summed E-state index contributed by atoms with van der Waals surface area (Å²) in [6.07, 6.45) is -0.145. The molecule has 2 aliphatic heterocycles. The number of carbonyl (C=O) groups excluding carboxylic acids is 1. The minimum Gasteiger partial charge on any atom is -0.459 e. The maximum absolute atomic E-state index is 13.9. The molecule has 0 aliphatic carbocycles. The molecule has 2 aliphatic rings. The van der Waals surface area contributed by atoms with Crippen molar-refractivity contribution in [1.82, 2.24) is 19.7 Å². The number of hydrogen-bond acceptors (Lipinski definition) is 12. The average molecular weight is 578 g/mol. The molecule has 5 N–H and O–H groups in total. The van der Waals surface area contributed by atoms with E-state index in [1.54, 1.807) is 42.5 Å². The Morgan fingerprint density at radius 2 is 2.10 bits per heavy atom. The molecule has 2 aromatic heterocycles. The topological polar surface area (TPSA) is 189 Å². The van der Waals surface area contributed by atoms with Crippen LogP contribution in [0.2, 0.25) is 0 Å². The van der Waals surface area contributed by atoms with Gasteiger partial charge >= 0.3 is 13.7 Å². The van der Waals surface area contributed by atoms with Gasteiger partial charge in [-0.25, -0.2) is 14.1 Å². The number of aromatic nitrogens is 3. The predicted octanol–water partition coefficient (Wildman–Crippen LogP) is 1.16. The van der Waals surface area contributed by atoms with Crippen LogP contribution in [-0.2, 0) is 33.7 Å². The third-order valence-electron chi connectivity index (χ3n) is 6.94. The van der Waals surface area contributed by atoms with Crippen molar-refractivity contribution in [2.24, 2.45) is 0 Å². The molecular weight excluding hydrogens is 545 g/mol. The summed E-state index contributed by atoms with van der Waals surface area (Å²) in [5.74, 6) is -0.243. The molecule has 2 saturated heterocycles. The molecule has 3 aromatic rings. The van der Waals surface area contributed by atoms with Crippen molar-refractivity contribution in [3.05, 3.63) is 54.5 Å². The van der Waals surface area contributed by atoms with E-state index in [0.29, 0.717) is 25.2 Å². The molecule has 5 rings (SSSR count). The van der Waals surface area contributed by atoms with Gasteiger partial charge in [0.05, 0.1) is 32.1 Å². The monoisotopic (exact) mass is 577 g/mol. The van der Waals surface area contributed by atoms with Crippen molar-refractivity contribution >= 4 is 25.1 Å². The lowest BCUT2D eigenvalue weighted by molar-refractivity contribution is -0.150. The number of fused-ring (bicyclic) bond motifs is 1. The number of anilines is 1. The number of nitrogens with two attached hydrogens (primary N) is 1. The fourth-order valence-corrected chi connectivity index (χ4v) is 6.22. The SMILES string of the molecule is C[C@H](NP(=O)(OC[C@@]1(C)OC[C@@](O)(c2ccc3c(N)ncnn23)[C@@H]1O)Oc1ccccc1)C(=O)O[C@H]1CCOC1. The second-order valence-electron chi connectivity index (χ2n) is 10.0. The molecule has 0 amide bonds. The number of nitrogens with zero attached hydrogens (tertiary/aromatic N) is 3. The lowest BCUT2D eigenvalue weighted by atomic mass is 9.86. The Hall–Kier alpha value is -3.10. The van der Waals surface area contributed by atoms with Crippen LogP contribution in [-0.4, -0.2) is 81.1 Å². The number of nitrogen functional groups attached to an aromatic ring is 1. The van der Waals surface area contributed by atoms with Crippen LogP contribution in [0, 0.1) is 0 Å². The zero-order valence-corrected chi connectivity index (χ0v) is 22.9. The van der Waals surface area contributed by atoms with Gasteiger partial charge in [-0.05, 0) is 38.1 Å². The molecule has 0 bridgehead atoms. The molecule has 216 valence electrons. The zero-order chi connectivity index (χ0) is 28.5. The number of rotatable bonds is 10. The van der Waals surface area contributed by atoms with Crippen LogP contribution in [0.1, 0.15) is 26.0 Å². The Morgan fingerprint density at radius 3 is 2.83 bits per heavy atom. The normalized spacial score (nSPS) is 28.8. The van der Waals surface area contributed by atoms with Gasteiger partial charge in [0, 0.05) is 6.42 Å². The molecule has 1 aromatic carbocycles. The van der Waals surface area contributed by atoms with Crippen LogP contribution in [0.15, 0.2) is 48.8 Å². The van der Waals surface area contributed by atoms with Crippen molar-refractivity contribution in [1.29, 1.82) is 0 Å². The maximum Gasteiger partial charge on any atom is 0.459 e. The second-order valence-corrected chi connectivity index (χ2v) is 11.7. The van der Waals surface area contributed by atoms with Gasteiger partial charge in [0.1, 0.15) is 41.4 Å². The van der Waals surface area contributed by atoms with Crippen molar-refractivity contribution in [3.63, 3.8) is 0 Å². The third kappa shape index (κ3) is 5.56. The predicted molar refractivity (Wildman–Crippen MR) is 140 cm³/mol. The van der Waals surface area contributed by atoms with Crippen LogP contribution in [0.5, 0.6) is 5.75 Å². The number of benzene rings is 1. The van der Waals surface area contributed by atoms with Gasteiger partial charge in [-0.3, -0.25) is 9.32 Å². The quantitative estimate of drug-likeness (QED) is 0.199. The van der Waals surface area contributed by atoms with E-state index in [9.17, 15) is 19.6 Å². The molecule has 1 unspecified atom stereocenters. The average Bonchev–Trinajstić information content (AvgIpc) is 3.66. The highest BCUT2D eigenvalue weighted by Gasteiger charge is 2.58. The number of hydrogen-bond donors (Lipinski definition) is 4. The van der Waals surface area contributed by atoms with Crippen molar-refractivity contribution < 1.29 is 42.8 Å². The molecule has 0 saturated carbocycles. The van der Waals surface area contributed by atoms with E-state index in [1.807, 2.05) is 0 Å². The fourth-order valence-electron chi connectivity index (χ4n) is 4.64. The molecule has 4 heterocycles. The largest absolute Gasteiger partial charge is 0.459 e. The van der Waals surface area contributed by atoms with E-state index in [0.717, 1.165) is 0 Å². The number of nitrogens with one attached hydrogen (secondary N) is 1. The van der Waals surface area contributed by atoms with Crippen LogP contribution in [0.25, 0.3) is 5.52 Å². The summed E-state index contributed by atoms with van der Waals surface area (Å²) in [7, 11) is -4.26. The number of esters is 1. The minimum absolute atomic E-state index is 0.197. The highest BCUT2D eigenvalue weighted by Crippen LogP contribution is 2.48. The third-order valence-corrected chi connectivity index (χ3v) is 8.57. The standard InChI is InChI=1S/C25H32N5O9P/c1-16(22(31)38-18-10-11-35-12-18)29-40(34,39-17-6-4-3-5-7-17)37-13-24(2)23(32)25(33,14-36-24)20-9-8-19-21(26)27-15-28-30(19)20/h3-9,15-16,18,23,32-33H,10-14H2,1-2H3,(H,29,34)(H2,26,27,28)/t16-,18-,23+,24+,25+,40?/m0/s1. The van der Waals surface area contributed by atoms with Gasteiger partial charge in [0.2, 0.25) is 0 Å². The van der Waals surface area contributed by atoms with E-state index in [-0.39, 0.29) is 23.9 Å². The zero-order valence-electron chi connectivity index (χ0n) is 22.0. The minimum atomic E-state index is -4.26. The first kappa shape index (κ1) is 28.4. The van der Waals surface area contributed by atoms with Crippen molar-refractivity contribution in [2.75, 3.05) is 32.2 Å². The molecule has 15 heteroatoms. The lowest BCUT2D eigenvalue weighted by Crippen LogP contribution is -2.50. The molecule has 6 atom stereocenters. The molecule has 40 heavy (non-hydrogen) atoms. The first-order valence-corrected chi connectivity index (χ1v) is 14.3. The van der Waals surface area contributed by atoms with Crippen molar-refractivity contribution in [3.8, 4) is 5.75 Å². The molecule has 0 radical (unpaired) electrons. The van der Waals surface area contributed by atoms with Crippen LogP contribution in [0.3, 0.4) is 0 Å². The molecule has 2 fully saturated rings. The molecular formula is C25H32N5O9P. The number of para-hydroxylation sites is 1. The summed E-state index contributed by atoms with van der Waals surface area (Å²) in [6.45, 7) is 2.94. The summed E-state index contributed by atoms with van der Waals surface area (Å²) < 4.78 is 43.2. The summed E-state index contributed by atoms with van der Waals surface area (Å²) in [6, 6.07) is 10.4. The van der Waals surface area contributed by atoms with Crippen LogP contribution >= 0.6 is 7.75 Å². The van der Waals surface area contributed by atoms with Gasteiger partial charge in [0.25, 0.3) is 0 Å². The smallest absolute Gasteiger partial charge is 0.459 e. The van der Waals surface area contributed by atoms with E-state index < -0.39 is 49.8 Å². The first-order valence-electron chi connectivity index (χ1n) is 12.7. The van der Waals surface area contributed by atoms with Gasteiger partial charge in [0.15, 0.2) is 11.4 Å². The van der Waals surface area contributed by atoms with Crippen LogP contribution in [0.4, 0.5) is 5.82 Å². The summed E-state index contributed by atoms with van der Waals surface area (Å²) in [5, 5.41) is 29.6. The second kappa shape index (κ2) is 11.1. The number of ether oxygens (including phenoxy) is 3. The molecule has 14 nitrogen and oxygen atoms in total. The summed E-state index contributed by atoms with van der Waals surface area (Å²) in [4.78, 5) is 16.6. The van der Waals surface area contributed by atoms with Crippen LogP contribution < -0.4 is 15.3 Å². The number of aliphatic hydroxyl groups excluding tert-OH is 1. The molecule has 0 spiro atoms.